The molecule has 9 heteroatoms. The van der Waals surface area contributed by atoms with E-state index in [1.807, 2.05) is 0 Å². The number of ether oxygens (including phenoxy) is 1. The molecule has 0 N–H and O–H groups in total. The molecular weight excluding hydrogens is 402 g/mol. The fourth-order valence-corrected chi connectivity index (χ4v) is 4.58. The zero-order valence-electron chi connectivity index (χ0n) is 15.8. The van der Waals surface area contributed by atoms with Crippen LogP contribution in [0.1, 0.15) is 12.8 Å². The summed E-state index contributed by atoms with van der Waals surface area (Å²) >= 11 is 0. The Balaban J connectivity index is 1.54. The Morgan fingerprint density at radius 3 is 2.41 bits per heavy atom. The molecule has 1 aliphatic heterocycles. The Hall–Kier alpha value is -2.52. The van der Waals surface area contributed by atoms with Gasteiger partial charge in [0.15, 0.2) is 11.6 Å². The Morgan fingerprint density at radius 2 is 1.69 bits per heavy atom. The highest BCUT2D eigenvalue weighted by molar-refractivity contribution is 7.89. The molecule has 0 spiro atoms. The lowest BCUT2D eigenvalue weighted by Crippen LogP contribution is -2.37. The number of hydrogen-bond acceptors (Lipinski definition) is 4. The van der Waals surface area contributed by atoms with Crippen molar-refractivity contribution < 1.29 is 26.7 Å². The SMILES string of the molecule is O=C(CCOc1ccccc1F)N1CCCN(S(=O)(=O)c2ccc(F)cc2)CC1. The van der Waals surface area contributed by atoms with Crippen LogP contribution in [0, 0.1) is 11.6 Å². The molecule has 2 aromatic carbocycles. The first kappa shape index (κ1) is 21.2. The van der Waals surface area contributed by atoms with Gasteiger partial charge in [0, 0.05) is 26.2 Å². The van der Waals surface area contributed by atoms with E-state index in [0.717, 1.165) is 12.1 Å². The third-order valence-corrected chi connectivity index (χ3v) is 6.58. The van der Waals surface area contributed by atoms with Gasteiger partial charge in [0.25, 0.3) is 0 Å². The normalized spacial score (nSPS) is 15.7. The lowest BCUT2D eigenvalue weighted by Gasteiger charge is -2.22. The molecule has 1 amide bonds. The van der Waals surface area contributed by atoms with Gasteiger partial charge in [-0.25, -0.2) is 17.2 Å². The Kier molecular flexibility index (Phi) is 6.81. The number of amides is 1. The van der Waals surface area contributed by atoms with Gasteiger partial charge in [0.2, 0.25) is 15.9 Å². The third-order valence-electron chi connectivity index (χ3n) is 4.67. The van der Waals surface area contributed by atoms with Crippen molar-refractivity contribution in [3.63, 3.8) is 0 Å². The molecule has 0 bridgehead atoms. The largest absolute Gasteiger partial charge is 0.490 e. The maximum absolute atomic E-state index is 13.5. The van der Waals surface area contributed by atoms with Gasteiger partial charge in [-0.3, -0.25) is 4.79 Å². The van der Waals surface area contributed by atoms with Crippen molar-refractivity contribution >= 4 is 15.9 Å². The number of benzene rings is 2. The molecule has 29 heavy (non-hydrogen) atoms. The fourth-order valence-electron chi connectivity index (χ4n) is 3.11. The van der Waals surface area contributed by atoms with Crippen LogP contribution in [-0.2, 0) is 14.8 Å². The number of halogens is 2. The minimum Gasteiger partial charge on any atom is -0.490 e. The number of hydrogen-bond donors (Lipinski definition) is 0. The third kappa shape index (κ3) is 5.30. The second-order valence-corrected chi connectivity index (χ2v) is 8.56. The van der Waals surface area contributed by atoms with Crippen LogP contribution in [0.2, 0.25) is 0 Å². The maximum atomic E-state index is 13.5. The summed E-state index contributed by atoms with van der Waals surface area (Å²) in [6.07, 6.45) is 0.555. The molecule has 1 heterocycles. The summed E-state index contributed by atoms with van der Waals surface area (Å²) in [7, 11) is -3.75. The van der Waals surface area contributed by atoms with Crippen LogP contribution >= 0.6 is 0 Å². The predicted octanol–water partition coefficient (Wildman–Crippen LogP) is 2.66. The maximum Gasteiger partial charge on any atom is 0.243 e. The van der Waals surface area contributed by atoms with Crippen LogP contribution in [-0.4, -0.2) is 56.3 Å². The summed E-state index contributed by atoms with van der Waals surface area (Å²) in [5.74, 6) is -1.08. The van der Waals surface area contributed by atoms with Gasteiger partial charge in [-0.2, -0.15) is 4.31 Å². The smallest absolute Gasteiger partial charge is 0.243 e. The first-order chi connectivity index (χ1) is 13.9. The molecule has 6 nitrogen and oxygen atoms in total. The average molecular weight is 424 g/mol. The van der Waals surface area contributed by atoms with Gasteiger partial charge in [-0.15, -0.1) is 0 Å². The highest BCUT2D eigenvalue weighted by Crippen LogP contribution is 2.19. The second-order valence-electron chi connectivity index (χ2n) is 6.62. The monoisotopic (exact) mass is 424 g/mol. The highest BCUT2D eigenvalue weighted by Gasteiger charge is 2.28. The van der Waals surface area contributed by atoms with E-state index >= 15 is 0 Å². The molecule has 156 valence electrons. The number of sulfonamides is 1. The lowest BCUT2D eigenvalue weighted by atomic mass is 10.3. The van der Waals surface area contributed by atoms with E-state index in [-0.39, 0.29) is 49.2 Å². The van der Waals surface area contributed by atoms with Gasteiger partial charge in [0.05, 0.1) is 17.9 Å². The minimum absolute atomic E-state index is 0.0250. The van der Waals surface area contributed by atoms with Crippen molar-refractivity contribution in [1.29, 1.82) is 0 Å². The Bertz CT molecular complexity index is 951. The summed E-state index contributed by atoms with van der Waals surface area (Å²) < 4.78 is 58.7. The second kappa shape index (κ2) is 9.32. The molecule has 0 aromatic heterocycles. The summed E-state index contributed by atoms with van der Waals surface area (Å²) in [5, 5.41) is 0. The van der Waals surface area contributed by atoms with E-state index in [1.54, 1.807) is 17.0 Å². The first-order valence-corrected chi connectivity index (χ1v) is 10.7. The van der Waals surface area contributed by atoms with E-state index in [4.69, 9.17) is 4.74 Å². The topological polar surface area (TPSA) is 66.9 Å². The minimum atomic E-state index is -3.75. The first-order valence-electron chi connectivity index (χ1n) is 9.29. The van der Waals surface area contributed by atoms with Gasteiger partial charge >= 0.3 is 0 Å². The molecule has 1 aliphatic rings. The molecule has 1 saturated heterocycles. The molecule has 3 rings (SSSR count). The Morgan fingerprint density at radius 1 is 0.966 bits per heavy atom. The molecule has 0 radical (unpaired) electrons. The highest BCUT2D eigenvalue weighted by atomic mass is 32.2. The number of carbonyl (C=O) groups excluding carboxylic acids is 1. The molecule has 2 aromatic rings. The summed E-state index contributed by atoms with van der Waals surface area (Å²) in [6, 6.07) is 10.6. The van der Waals surface area contributed by atoms with Crippen LogP contribution in [0.3, 0.4) is 0 Å². The predicted molar refractivity (Wildman–Crippen MR) is 103 cm³/mol. The van der Waals surface area contributed by atoms with Crippen molar-refractivity contribution in [3.8, 4) is 5.75 Å². The van der Waals surface area contributed by atoms with Crippen LogP contribution in [0.4, 0.5) is 8.78 Å². The molecular formula is C20H22F2N2O4S. The zero-order valence-corrected chi connectivity index (χ0v) is 16.6. The lowest BCUT2D eigenvalue weighted by molar-refractivity contribution is -0.131. The summed E-state index contributed by atoms with van der Waals surface area (Å²) in [6.45, 7) is 1.13. The van der Waals surface area contributed by atoms with Gasteiger partial charge < -0.3 is 9.64 Å². The number of rotatable bonds is 6. The standard InChI is InChI=1S/C20H22F2N2O4S/c21-16-6-8-17(9-7-16)29(26,27)24-12-3-11-23(13-14-24)20(25)10-15-28-19-5-2-1-4-18(19)22/h1-2,4-9H,3,10-15H2. The van der Waals surface area contributed by atoms with Crippen molar-refractivity contribution in [1.82, 2.24) is 9.21 Å². The van der Waals surface area contributed by atoms with Crippen molar-refractivity contribution in [3.05, 3.63) is 60.2 Å². The van der Waals surface area contributed by atoms with Crippen LogP contribution in [0.25, 0.3) is 0 Å². The van der Waals surface area contributed by atoms with E-state index in [9.17, 15) is 22.0 Å². The average Bonchev–Trinajstić information content (AvgIpc) is 2.96. The molecule has 1 fully saturated rings. The van der Waals surface area contributed by atoms with Crippen molar-refractivity contribution in [2.45, 2.75) is 17.7 Å². The van der Waals surface area contributed by atoms with Crippen molar-refractivity contribution in [2.24, 2.45) is 0 Å². The number of carbonyl (C=O) groups is 1. The fraction of sp³-hybridized carbons (Fsp3) is 0.350. The quantitative estimate of drug-likeness (QED) is 0.715. The Labute approximate surface area is 168 Å². The zero-order chi connectivity index (χ0) is 20.9. The van der Waals surface area contributed by atoms with Crippen LogP contribution < -0.4 is 4.74 Å². The molecule has 0 unspecified atom stereocenters. The molecule has 0 saturated carbocycles. The van der Waals surface area contributed by atoms with Gasteiger partial charge in [-0.1, -0.05) is 12.1 Å². The number of para-hydroxylation sites is 1. The molecule has 0 aliphatic carbocycles. The summed E-state index contributed by atoms with van der Waals surface area (Å²) in [4.78, 5) is 14.0. The van der Waals surface area contributed by atoms with Crippen molar-refractivity contribution in [2.75, 3.05) is 32.8 Å². The van der Waals surface area contributed by atoms with E-state index in [1.165, 1.54) is 28.6 Å². The summed E-state index contributed by atoms with van der Waals surface area (Å²) in [5.41, 5.74) is 0. The van der Waals surface area contributed by atoms with Crippen LogP contribution in [0.5, 0.6) is 5.75 Å². The van der Waals surface area contributed by atoms with E-state index < -0.39 is 21.7 Å². The van der Waals surface area contributed by atoms with Gasteiger partial charge in [-0.05, 0) is 42.8 Å². The van der Waals surface area contributed by atoms with E-state index in [2.05, 4.69) is 0 Å². The number of nitrogens with zero attached hydrogens (tertiary/aromatic N) is 2. The van der Waals surface area contributed by atoms with Gasteiger partial charge in [0.1, 0.15) is 5.82 Å². The van der Waals surface area contributed by atoms with Crippen LogP contribution in [0.15, 0.2) is 53.4 Å². The van der Waals surface area contributed by atoms with E-state index in [0.29, 0.717) is 13.0 Å². The molecule has 0 atom stereocenters.